The van der Waals surface area contributed by atoms with Crippen molar-refractivity contribution in [3.05, 3.63) is 41.8 Å². The quantitative estimate of drug-likeness (QED) is 0.806. The van der Waals surface area contributed by atoms with Gasteiger partial charge in [0.2, 0.25) is 5.91 Å². The number of hydrogen-bond donors (Lipinski definition) is 1. The van der Waals surface area contributed by atoms with E-state index in [-0.39, 0.29) is 15.6 Å². The number of sulfonamides is 1. The Hall–Kier alpha value is -2.04. The Kier molecular flexibility index (Phi) is 5.86. The molecular formula is C14H14F2N2O4S2. The highest BCUT2D eigenvalue weighted by Crippen LogP contribution is 2.25. The summed E-state index contributed by atoms with van der Waals surface area (Å²) < 4.78 is 54.4. The van der Waals surface area contributed by atoms with Gasteiger partial charge in [-0.25, -0.2) is 8.42 Å². The minimum absolute atomic E-state index is 0.0321. The predicted octanol–water partition coefficient (Wildman–Crippen LogP) is 2.61. The topological polar surface area (TPSA) is 75.7 Å². The van der Waals surface area contributed by atoms with Gasteiger partial charge in [0.05, 0.1) is 12.2 Å². The molecule has 0 aliphatic carbocycles. The number of carbonyl (C=O) groups excluding carboxylic acids is 1. The van der Waals surface area contributed by atoms with Crippen molar-refractivity contribution in [2.45, 2.75) is 10.8 Å². The number of carbonyl (C=O) groups is 1. The third kappa shape index (κ3) is 4.49. The molecule has 1 amide bonds. The van der Waals surface area contributed by atoms with E-state index in [9.17, 15) is 22.0 Å². The van der Waals surface area contributed by atoms with Crippen LogP contribution >= 0.6 is 11.3 Å². The molecule has 0 saturated heterocycles. The number of thiophene rings is 1. The summed E-state index contributed by atoms with van der Waals surface area (Å²) in [6.45, 7) is -3.51. The molecule has 2 aromatic rings. The van der Waals surface area contributed by atoms with E-state index < -0.39 is 29.1 Å². The molecule has 0 unspecified atom stereocenters. The van der Waals surface area contributed by atoms with E-state index in [1.54, 1.807) is 11.4 Å². The SMILES string of the molecule is CN(CC(=O)Nc1ccccc1OC(F)F)S(=O)(=O)c1cccs1. The number of nitrogens with one attached hydrogen (secondary N) is 1. The van der Waals surface area contributed by atoms with E-state index in [2.05, 4.69) is 10.1 Å². The Morgan fingerprint density at radius 2 is 2.00 bits per heavy atom. The van der Waals surface area contributed by atoms with Crippen LogP contribution in [-0.2, 0) is 14.8 Å². The maximum absolute atomic E-state index is 12.3. The zero-order valence-electron chi connectivity index (χ0n) is 12.5. The van der Waals surface area contributed by atoms with Gasteiger partial charge in [-0.1, -0.05) is 18.2 Å². The van der Waals surface area contributed by atoms with E-state index in [4.69, 9.17) is 0 Å². The number of anilines is 1. The predicted molar refractivity (Wildman–Crippen MR) is 85.8 cm³/mol. The number of alkyl halides is 2. The molecule has 0 atom stereocenters. The maximum atomic E-state index is 12.3. The average Bonchev–Trinajstić information content (AvgIpc) is 3.03. The average molecular weight is 376 g/mol. The van der Waals surface area contributed by atoms with Crippen molar-refractivity contribution in [2.75, 3.05) is 18.9 Å². The largest absolute Gasteiger partial charge is 0.433 e. The molecule has 0 saturated carbocycles. The fraction of sp³-hybridized carbons (Fsp3) is 0.214. The summed E-state index contributed by atoms with van der Waals surface area (Å²) in [7, 11) is -2.51. The minimum atomic E-state index is -3.77. The van der Waals surface area contributed by atoms with Crippen molar-refractivity contribution in [2.24, 2.45) is 0 Å². The fourth-order valence-electron chi connectivity index (χ4n) is 1.81. The molecule has 0 spiro atoms. The van der Waals surface area contributed by atoms with Crippen LogP contribution in [0, 0.1) is 0 Å². The van der Waals surface area contributed by atoms with Crippen molar-refractivity contribution >= 4 is 33.0 Å². The summed E-state index contributed by atoms with van der Waals surface area (Å²) in [4.78, 5) is 12.0. The number of ether oxygens (including phenoxy) is 1. The smallest absolute Gasteiger partial charge is 0.387 e. The lowest BCUT2D eigenvalue weighted by Gasteiger charge is -2.16. The third-order valence-corrected chi connectivity index (χ3v) is 6.08. The molecule has 0 aliphatic rings. The molecule has 6 nitrogen and oxygen atoms in total. The first-order valence-electron chi connectivity index (χ1n) is 6.64. The Morgan fingerprint density at radius 1 is 1.29 bits per heavy atom. The molecule has 10 heteroatoms. The van der Waals surface area contributed by atoms with Gasteiger partial charge in [-0.05, 0) is 23.6 Å². The third-order valence-electron chi connectivity index (χ3n) is 2.90. The van der Waals surface area contributed by atoms with Crippen LogP contribution in [0.1, 0.15) is 0 Å². The van der Waals surface area contributed by atoms with Gasteiger partial charge >= 0.3 is 6.61 Å². The van der Waals surface area contributed by atoms with Gasteiger partial charge < -0.3 is 10.1 Å². The summed E-state index contributed by atoms with van der Waals surface area (Å²) >= 11 is 1.03. The van der Waals surface area contributed by atoms with Gasteiger partial charge in [0, 0.05) is 7.05 Å². The van der Waals surface area contributed by atoms with Gasteiger partial charge in [-0.3, -0.25) is 4.79 Å². The summed E-state index contributed by atoms with van der Waals surface area (Å²) in [6, 6.07) is 8.67. The molecule has 1 aromatic heterocycles. The second-order valence-electron chi connectivity index (χ2n) is 4.62. The van der Waals surface area contributed by atoms with Crippen LogP contribution in [0.5, 0.6) is 5.75 Å². The van der Waals surface area contributed by atoms with Crippen LogP contribution in [0.25, 0.3) is 0 Å². The van der Waals surface area contributed by atoms with Crippen LogP contribution in [0.15, 0.2) is 46.0 Å². The molecule has 0 aliphatic heterocycles. The lowest BCUT2D eigenvalue weighted by Crippen LogP contribution is -2.34. The van der Waals surface area contributed by atoms with Crippen LogP contribution in [0.3, 0.4) is 0 Å². The summed E-state index contributed by atoms with van der Waals surface area (Å²) in [6.07, 6.45) is 0. The fourth-order valence-corrected chi connectivity index (χ4v) is 4.14. The van der Waals surface area contributed by atoms with Crippen molar-refractivity contribution in [3.8, 4) is 5.75 Å². The lowest BCUT2D eigenvalue weighted by atomic mass is 10.3. The van der Waals surface area contributed by atoms with Gasteiger partial charge in [0.15, 0.2) is 0 Å². The Bertz CT molecular complexity index is 795. The summed E-state index contributed by atoms with van der Waals surface area (Å²) in [5.41, 5.74) is 0.0321. The van der Waals surface area contributed by atoms with Crippen molar-refractivity contribution in [1.82, 2.24) is 4.31 Å². The number of halogens is 2. The first-order chi connectivity index (χ1) is 11.3. The van der Waals surface area contributed by atoms with Gasteiger partial charge in [0.25, 0.3) is 10.0 Å². The Morgan fingerprint density at radius 3 is 2.62 bits per heavy atom. The second kappa shape index (κ2) is 7.69. The van der Waals surface area contributed by atoms with E-state index in [0.717, 1.165) is 15.6 Å². The van der Waals surface area contributed by atoms with Crippen molar-refractivity contribution in [3.63, 3.8) is 0 Å². The standard InChI is InChI=1S/C14H14F2N2O4S2/c1-18(24(20,21)13-7-4-8-23-13)9-12(19)17-10-5-2-3-6-11(10)22-14(15)16/h2-8,14H,9H2,1H3,(H,17,19). The molecule has 24 heavy (non-hydrogen) atoms. The number of para-hydroxylation sites is 2. The van der Waals surface area contributed by atoms with Crippen LogP contribution < -0.4 is 10.1 Å². The first-order valence-corrected chi connectivity index (χ1v) is 8.96. The van der Waals surface area contributed by atoms with E-state index in [1.807, 2.05) is 0 Å². The summed E-state index contributed by atoms with van der Waals surface area (Å²) in [5, 5.41) is 3.97. The lowest BCUT2D eigenvalue weighted by molar-refractivity contribution is -0.116. The molecular weight excluding hydrogens is 362 g/mol. The molecule has 0 bridgehead atoms. The number of rotatable bonds is 7. The van der Waals surface area contributed by atoms with Gasteiger partial charge in [-0.2, -0.15) is 13.1 Å². The highest BCUT2D eigenvalue weighted by molar-refractivity contribution is 7.91. The molecule has 1 aromatic carbocycles. The number of hydrogen-bond acceptors (Lipinski definition) is 5. The molecule has 1 N–H and O–H groups in total. The van der Waals surface area contributed by atoms with E-state index in [0.29, 0.717) is 0 Å². The summed E-state index contributed by atoms with van der Waals surface area (Å²) in [5.74, 6) is -0.882. The van der Waals surface area contributed by atoms with Crippen molar-refractivity contribution in [1.29, 1.82) is 0 Å². The zero-order valence-corrected chi connectivity index (χ0v) is 14.1. The molecule has 130 valence electrons. The van der Waals surface area contributed by atoms with E-state index >= 15 is 0 Å². The van der Waals surface area contributed by atoms with Crippen molar-refractivity contribution < 1.29 is 26.7 Å². The highest BCUT2D eigenvalue weighted by Gasteiger charge is 2.24. The highest BCUT2D eigenvalue weighted by atomic mass is 32.2. The number of likely N-dealkylation sites (N-methyl/N-ethyl adjacent to an activating group) is 1. The monoisotopic (exact) mass is 376 g/mol. The molecule has 2 rings (SSSR count). The minimum Gasteiger partial charge on any atom is -0.433 e. The zero-order chi connectivity index (χ0) is 17.7. The van der Waals surface area contributed by atoms with Gasteiger partial charge in [0.1, 0.15) is 9.96 Å². The Balaban J connectivity index is 2.06. The Labute approximate surface area is 141 Å². The van der Waals surface area contributed by atoms with Crippen LogP contribution in [-0.4, -0.2) is 38.8 Å². The number of nitrogens with zero attached hydrogens (tertiary/aromatic N) is 1. The number of benzene rings is 1. The van der Waals surface area contributed by atoms with Crippen LogP contribution in [0.4, 0.5) is 14.5 Å². The van der Waals surface area contributed by atoms with Crippen LogP contribution in [0.2, 0.25) is 0 Å². The molecule has 0 fully saturated rings. The normalized spacial score (nSPS) is 11.7. The molecule has 1 heterocycles. The second-order valence-corrected chi connectivity index (χ2v) is 7.84. The molecule has 0 radical (unpaired) electrons. The van der Waals surface area contributed by atoms with Gasteiger partial charge in [-0.15, -0.1) is 11.3 Å². The maximum Gasteiger partial charge on any atom is 0.387 e. The first kappa shape index (κ1) is 18.3. The van der Waals surface area contributed by atoms with E-state index in [1.165, 1.54) is 37.4 Å². The number of amides is 1.